The Bertz CT molecular complexity index is 410. The van der Waals surface area contributed by atoms with Crippen LogP contribution in [0.25, 0.3) is 0 Å². The fourth-order valence-corrected chi connectivity index (χ4v) is 3.50. The van der Waals surface area contributed by atoms with Gasteiger partial charge in [0.05, 0.1) is 6.10 Å². The van der Waals surface area contributed by atoms with Gasteiger partial charge in [0.2, 0.25) is 0 Å². The molecule has 1 spiro atoms. The molecule has 1 saturated heterocycles. The number of aliphatic hydroxyl groups is 1. The lowest BCUT2D eigenvalue weighted by atomic mass is 9.75. The standard InChI is InChI=1S/C13H15BrO2/c14-9-1-2-11-10(7-9)12(15)8-13(11)3-5-16-6-4-13/h1-2,7,12,15H,3-6,8H2. The number of hydrogen-bond acceptors (Lipinski definition) is 2. The van der Waals surface area contributed by atoms with Crippen LogP contribution in [0.4, 0.5) is 0 Å². The topological polar surface area (TPSA) is 29.5 Å². The normalized spacial score (nSPS) is 27.0. The van der Waals surface area contributed by atoms with Gasteiger partial charge in [-0.25, -0.2) is 0 Å². The van der Waals surface area contributed by atoms with Crippen LogP contribution in [0, 0.1) is 0 Å². The first-order chi connectivity index (χ1) is 7.71. The Balaban J connectivity index is 2.07. The van der Waals surface area contributed by atoms with Crippen LogP contribution in [-0.2, 0) is 10.2 Å². The molecule has 1 heterocycles. The molecule has 2 aliphatic rings. The Hall–Kier alpha value is -0.380. The minimum Gasteiger partial charge on any atom is -0.388 e. The van der Waals surface area contributed by atoms with E-state index in [1.165, 1.54) is 5.56 Å². The van der Waals surface area contributed by atoms with E-state index in [2.05, 4.69) is 34.1 Å². The first kappa shape index (κ1) is 10.8. The third-order valence-corrected chi connectivity index (χ3v) is 4.47. The number of halogens is 1. The molecule has 0 radical (unpaired) electrons. The molecule has 1 aliphatic heterocycles. The zero-order valence-corrected chi connectivity index (χ0v) is 10.7. The van der Waals surface area contributed by atoms with E-state index < -0.39 is 0 Å². The van der Waals surface area contributed by atoms with Crippen molar-refractivity contribution in [1.29, 1.82) is 0 Å². The molecular formula is C13H15BrO2. The maximum atomic E-state index is 10.2. The molecule has 1 aromatic carbocycles. The number of benzene rings is 1. The average Bonchev–Trinajstić information content (AvgIpc) is 2.53. The number of hydrogen-bond donors (Lipinski definition) is 1. The zero-order chi connectivity index (χ0) is 11.2. The maximum Gasteiger partial charge on any atom is 0.0801 e. The second-order valence-electron chi connectivity index (χ2n) is 4.84. The molecule has 1 aromatic rings. The molecule has 1 aliphatic carbocycles. The largest absolute Gasteiger partial charge is 0.388 e. The monoisotopic (exact) mass is 282 g/mol. The van der Waals surface area contributed by atoms with Gasteiger partial charge in [0.25, 0.3) is 0 Å². The molecule has 0 bridgehead atoms. The van der Waals surface area contributed by atoms with Crippen molar-refractivity contribution in [3.8, 4) is 0 Å². The van der Waals surface area contributed by atoms with Crippen LogP contribution >= 0.6 is 15.9 Å². The van der Waals surface area contributed by atoms with Crippen LogP contribution in [0.3, 0.4) is 0 Å². The van der Waals surface area contributed by atoms with Gasteiger partial charge >= 0.3 is 0 Å². The van der Waals surface area contributed by atoms with Crippen molar-refractivity contribution in [2.24, 2.45) is 0 Å². The minimum atomic E-state index is -0.300. The van der Waals surface area contributed by atoms with Gasteiger partial charge in [-0.15, -0.1) is 0 Å². The van der Waals surface area contributed by atoms with Crippen LogP contribution in [0.2, 0.25) is 0 Å². The predicted molar refractivity (Wildman–Crippen MR) is 65.4 cm³/mol. The Kier molecular flexibility index (Phi) is 2.57. The Morgan fingerprint density at radius 2 is 2.06 bits per heavy atom. The summed E-state index contributed by atoms with van der Waals surface area (Å²) in [5, 5.41) is 10.2. The molecule has 1 atom stereocenters. The van der Waals surface area contributed by atoms with E-state index in [-0.39, 0.29) is 11.5 Å². The van der Waals surface area contributed by atoms with Gasteiger partial charge in [-0.1, -0.05) is 22.0 Å². The number of rotatable bonds is 0. The highest BCUT2D eigenvalue weighted by Gasteiger charge is 2.43. The fourth-order valence-electron chi connectivity index (χ4n) is 3.12. The lowest BCUT2D eigenvalue weighted by Crippen LogP contribution is -2.31. The van der Waals surface area contributed by atoms with Crippen LogP contribution in [-0.4, -0.2) is 18.3 Å². The van der Waals surface area contributed by atoms with Gasteiger partial charge in [0.1, 0.15) is 0 Å². The first-order valence-corrected chi connectivity index (χ1v) is 6.56. The molecule has 86 valence electrons. The van der Waals surface area contributed by atoms with E-state index in [4.69, 9.17) is 4.74 Å². The lowest BCUT2D eigenvalue weighted by Gasteiger charge is -2.34. The lowest BCUT2D eigenvalue weighted by molar-refractivity contribution is 0.0365. The molecule has 0 saturated carbocycles. The van der Waals surface area contributed by atoms with Gasteiger partial charge in [-0.3, -0.25) is 0 Å². The SMILES string of the molecule is OC1CC2(CCOCC2)c2ccc(Br)cc21. The fraction of sp³-hybridized carbons (Fsp3) is 0.538. The second-order valence-corrected chi connectivity index (χ2v) is 5.76. The highest BCUT2D eigenvalue weighted by molar-refractivity contribution is 9.10. The molecule has 16 heavy (non-hydrogen) atoms. The summed E-state index contributed by atoms with van der Waals surface area (Å²) in [4.78, 5) is 0. The Labute approximate surface area is 104 Å². The molecule has 3 heteroatoms. The van der Waals surface area contributed by atoms with Gasteiger partial charge < -0.3 is 9.84 Å². The number of aliphatic hydroxyl groups excluding tert-OH is 1. The highest BCUT2D eigenvalue weighted by atomic mass is 79.9. The molecular weight excluding hydrogens is 268 g/mol. The minimum absolute atomic E-state index is 0.174. The molecule has 1 N–H and O–H groups in total. The van der Waals surface area contributed by atoms with Crippen molar-refractivity contribution >= 4 is 15.9 Å². The van der Waals surface area contributed by atoms with Crippen molar-refractivity contribution in [3.05, 3.63) is 33.8 Å². The third kappa shape index (κ3) is 1.53. The van der Waals surface area contributed by atoms with Crippen LogP contribution < -0.4 is 0 Å². The summed E-state index contributed by atoms with van der Waals surface area (Å²) in [5.74, 6) is 0. The number of fused-ring (bicyclic) bond motifs is 2. The van der Waals surface area contributed by atoms with E-state index in [0.717, 1.165) is 42.5 Å². The Morgan fingerprint density at radius 3 is 2.81 bits per heavy atom. The van der Waals surface area contributed by atoms with Gasteiger partial charge in [0.15, 0.2) is 0 Å². The van der Waals surface area contributed by atoms with Crippen LogP contribution in [0.1, 0.15) is 36.5 Å². The molecule has 1 fully saturated rings. The maximum absolute atomic E-state index is 10.2. The third-order valence-electron chi connectivity index (χ3n) is 3.98. The highest BCUT2D eigenvalue weighted by Crippen LogP contribution is 2.50. The molecule has 0 aromatic heterocycles. The van der Waals surface area contributed by atoms with Gasteiger partial charge in [-0.2, -0.15) is 0 Å². The number of ether oxygens (including phenoxy) is 1. The van der Waals surface area contributed by atoms with Gasteiger partial charge in [-0.05, 0) is 42.5 Å². The second kappa shape index (κ2) is 3.83. The van der Waals surface area contributed by atoms with Crippen molar-refractivity contribution in [3.63, 3.8) is 0 Å². The summed E-state index contributed by atoms with van der Waals surface area (Å²) in [5.41, 5.74) is 2.62. The van der Waals surface area contributed by atoms with Crippen LogP contribution in [0.5, 0.6) is 0 Å². The van der Waals surface area contributed by atoms with Gasteiger partial charge in [0, 0.05) is 23.1 Å². The van der Waals surface area contributed by atoms with Crippen molar-refractivity contribution in [2.45, 2.75) is 30.8 Å². The van der Waals surface area contributed by atoms with Crippen molar-refractivity contribution < 1.29 is 9.84 Å². The summed E-state index contributed by atoms with van der Waals surface area (Å²) < 4.78 is 6.49. The summed E-state index contributed by atoms with van der Waals surface area (Å²) >= 11 is 3.47. The quantitative estimate of drug-likeness (QED) is 0.793. The van der Waals surface area contributed by atoms with Crippen molar-refractivity contribution in [2.75, 3.05) is 13.2 Å². The van der Waals surface area contributed by atoms with E-state index in [9.17, 15) is 5.11 Å². The predicted octanol–water partition coefficient (Wildman–Crippen LogP) is 2.93. The van der Waals surface area contributed by atoms with E-state index in [0.29, 0.717) is 0 Å². The summed E-state index contributed by atoms with van der Waals surface area (Å²) in [6, 6.07) is 6.30. The summed E-state index contributed by atoms with van der Waals surface area (Å²) in [6.07, 6.45) is 2.64. The summed E-state index contributed by atoms with van der Waals surface area (Å²) in [7, 11) is 0. The smallest absolute Gasteiger partial charge is 0.0801 e. The molecule has 0 amide bonds. The molecule has 1 unspecified atom stereocenters. The van der Waals surface area contributed by atoms with Crippen molar-refractivity contribution in [1.82, 2.24) is 0 Å². The van der Waals surface area contributed by atoms with E-state index >= 15 is 0 Å². The van der Waals surface area contributed by atoms with E-state index in [1.807, 2.05) is 0 Å². The zero-order valence-electron chi connectivity index (χ0n) is 9.08. The van der Waals surface area contributed by atoms with Crippen LogP contribution in [0.15, 0.2) is 22.7 Å². The molecule has 3 rings (SSSR count). The average molecular weight is 283 g/mol. The first-order valence-electron chi connectivity index (χ1n) is 5.77. The molecule has 2 nitrogen and oxygen atoms in total. The van der Waals surface area contributed by atoms with E-state index in [1.54, 1.807) is 0 Å². The summed E-state index contributed by atoms with van der Waals surface area (Å²) in [6.45, 7) is 1.64. The Morgan fingerprint density at radius 1 is 1.31 bits per heavy atom.